The Kier molecular flexibility index (Phi) is 5.05. The van der Waals surface area contributed by atoms with Crippen molar-refractivity contribution in [1.29, 1.82) is 0 Å². The van der Waals surface area contributed by atoms with Gasteiger partial charge in [-0.15, -0.1) is 0 Å². The van der Waals surface area contributed by atoms with Crippen molar-refractivity contribution in [3.63, 3.8) is 0 Å². The Bertz CT molecular complexity index is 719. The highest BCUT2D eigenvalue weighted by atomic mass is 79.9. The van der Waals surface area contributed by atoms with Crippen LogP contribution in [0.2, 0.25) is 5.02 Å². The summed E-state index contributed by atoms with van der Waals surface area (Å²) in [4.78, 5) is 4.22. The van der Waals surface area contributed by atoms with E-state index in [1.807, 2.05) is 0 Å². The van der Waals surface area contributed by atoms with Crippen molar-refractivity contribution in [3.05, 3.63) is 39.7 Å². The van der Waals surface area contributed by atoms with E-state index in [1.165, 1.54) is 10.9 Å². The molecule has 2 aromatic rings. The summed E-state index contributed by atoms with van der Waals surface area (Å²) in [6.07, 6.45) is 1.19. The largest absolute Gasteiger partial charge is 0.435 e. The molecule has 0 aromatic carbocycles. The zero-order chi connectivity index (χ0) is 17.3. The second-order valence-electron chi connectivity index (χ2n) is 5.88. The van der Waals surface area contributed by atoms with Gasteiger partial charge in [-0.25, -0.2) is 4.98 Å². The lowest BCUT2D eigenvalue weighted by atomic mass is 10.1. The molecule has 1 fully saturated rings. The number of nitrogens with one attached hydrogen (secondary N) is 1. The second-order valence-corrected chi connectivity index (χ2v) is 7.14. The van der Waals surface area contributed by atoms with Gasteiger partial charge in [-0.3, -0.25) is 4.68 Å². The molecule has 1 N–H and O–H groups in total. The number of hydrogen-bond acceptors (Lipinski definition) is 3. The summed E-state index contributed by atoms with van der Waals surface area (Å²) >= 11 is 9.31. The van der Waals surface area contributed by atoms with Crippen molar-refractivity contribution in [2.75, 3.05) is 11.9 Å². The molecule has 130 valence electrons. The summed E-state index contributed by atoms with van der Waals surface area (Å²) in [6, 6.07) is 2.77. The van der Waals surface area contributed by atoms with Crippen LogP contribution in [0.5, 0.6) is 0 Å². The Labute approximate surface area is 150 Å². The maximum absolute atomic E-state index is 12.6. The fraction of sp³-hybridized carbons (Fsp3) is 0.467. The van der Waals surface area contributed by atoms with E-state index in [9.17, 15) is 13.2 Å². The molecule has 0 amide bonds. The van der Waals surface area contributed by atoms with Crippen LogP contribution in [0.15, 0.2) is 29.0 Å². The zero-order valence-electron chi connectivity index (χ0n) is 12.5. The second kappa shape index (κ2) is 6.92. The smallest absolute Gasteiger partial charge is 0.370 e. The average Bonchev–Trinajstić information content (AvgIpc) is 3.16. The minimum atomic E-state index is -4.39. The quantitative estimate of drug-likeness (QED) is 0.738. The molecule has 3 rings (SSSR count). The number of halogens is 5. The van der Waals surface area contributed by atoms with Crippen molar-refractivity contribution < 1.29 is 13.2 Å². The standard InChI is InChI=1S/C15H15BrClF3N4/c16-11-8-22-14(6-12(11)17)21-7-9-1-2-10(5-9)24-4-3-13(23-24)15(18,19)20/h3-4,6,8-10H,1-2,5,7H2,(H,21,22). The van der Waals surface area contributed by atoms with Crippen LogP contribution in [0.25, 0.3) is 0 Å². The summed E-state index contributed by atoms with van der Waals surface area (Å²) in [5.41, 5.74) is -0.835. The first-order chi connectivity index (χ1) is 11.3. The van der Waals surface area contributed by atoms with Crippen LogP contribution in [-0.2, 0) is 6.18 Å². The molecule has 2 heterocycles. The highest BCUT2D eigenvalue weighted by Crippen LogP contribution is 2.36. The van der Waals surface area contributed by atoms with E-state index in [0.717, 1.165) is 29.8 Å². The summed E-state index contributed by atoms with van der Waals surface area (Å²) in [7, 11) is 0. The van der Waals surface area contributed by atoms with Gasteiger partial charge in [0.05, 0.1) is 15.5 Å². The molecular formula is C15H15BrClF3N4. The molecule has 2 aromatic heterocycles. The van der Waals surface area contributed by atoms with Crippen LogP contribution in [0.1, 0.15) is 31.0 Å². The third kappa shape index (κ3) is 4.03. The first-order valence-electron chi connectivity index (χ1n) is 7.50. The monoisotopic (exact) mass is 422 g/mol. The Morgan fingerprint density at radius 1 is 1.38 bits per heavy atom. The lowest BCUT2D eigenvalue weighted by molar-refractivity contribution is -0.141. The maximum Gasteiger partial charge on any atom is 0.435 e. The Morgan fingerprint density at radius 2 is 2.17 bits per heavy atom. The molecule has 2 atom stereocenters. The molecule has 1 saturated carbocycles. The van der Waals surface area contributed by atoms with Crippen LogP contribution in [0.3, 0.4) is 0 Å². The van der Waals surface area contributed by atoms with Crippen molar-refractivity contribution in [1.82, 2.24) is 14.8 Å². The highest BCUT2D eigenvalue weighted by Gasteiger charge is 2.35. The van der Waals surface area contributed by atoms with Gasteiger partial charge in [-0.2, -0.15) is 18.3 Å². The predicted molar refractivity (Wildman–Crippen MR) is 89.0 cm³/mol. The normalized spacial score (nSPS) is 21.2. The van der Waals surface area contributed by atoms with E-state index in [4.69, 9.17) is 11.6 Å². The van der Waals surface area contributed by atoms with Gasteiger partial charge in [-0.05, 0) is 47.2 Å². The molecule has 2 unspecified atom stereocenters. The fourth-order valence-electron chi connectivity index (χ4n) is 2.93. The van der Waals surface area contributed by atoms with Crippen LogP contribution in [0.4, 0.5) is 19.0 Å². The summed E-state index contributed by atoms with van der Waals surface area (Å²) in [6.45, 7) is 0.703. The minimum Gasteiger partial charge on any atom is -0.370 e. The van der Waals surface area contributed by atoms with Crippen molar-refractivity contribution in [3.8, 4) is 0 Å². The third-order valence-corrected chi connectivity index (χ3v) is 5.34. The van der Waals surface area contributed by atoms with Gasteiger partial charge in [0, 0.05) is 25.0 Å². The van der Waals surface area contributed by atoms with Crippen molar-refractivity contribution in [2.45, 2.75) is 31.5 Å². The van der Waals surface area contributed by atoms with Gasteiger partial charge in [0.2, 0.25) is 0 Å². The van der Waals surface area contributed by atoms with E-state index >= 15 is 0 Å². The Hall–Kier alpha value is -1.28. The maximum atomic E-state index is 12.6. The Morgan fingerprint density at radius 3 is 2.83 bits per heavy atom. The summed E-state index contributed by atoms with van der Waals surface area (Å²) in [5.74, 6) is 1.04. The first-order valence-corrected chi connectivity index (χ1v) is 8.67. The molecule has 0 saturated heterocycles. The predicted octanol–water partition coefficient (Wildman–Crippen LogP) is 5.17. The topological polar surface area (TPSA) is 42.7 Å². The van der Waals surface area contributed by atoms with E-state index in [-0.39, 0.29) is 6.04 Å². The molecule has 0 aliphatic heterocycles. The van der Waals surface area contributed by atoms with Crippen molar-refractivity contribution >= 4 is 33.3 Å². The van der Waals surface area contributed by atoms with Gasteiger partial charge >= 0.3 is 6.18 Å². The number of pyridine rings is 1. The third-order valence-electron chi connectivity index (χ3n) is 4.17. The molecule has 1 aliphatic rings. The number of hydrogen-bond donors (Lipinski definition) is 1. The molecule has 0 spiro atoms. The molecule has 1 aliphatic carbocycles. The van der Waals surface area contributed by atoms with Crippen molar-refractivity contribution in [2.24, 2.45) is 5.92 Å². The number of alkyl halides is 3. The minimum absolute atomic E-state index is 0.00867. The van der Waals surface area contributed by atoms with E-state index < -0.39 is 11.9 Å². The van der Waals surface area contributed by atoms with Crippen LogP contribution in [0, 0.1) is 5.92 Å². The molecular weight excluding hydrogens is 409 g/mol. The first kappa shape index (κ1) is 17.5. The summed E-state index contributed by atoms with van der Waals surface area (Å²) < 4.78 is 40.1. The molecule has 0 radical (unpaired) electrons. The van der Waals surface area contributed by atoms with E-state index in [2.05, 4.69) is 31.3 Å². The SMILES string of the molecule is FC(F)(F)c1ccn(C2CCC(CNc3cc(Cl)c(Br)cn3)C2)n1. The van der Waals surface area contributed by atoms with Gasteiger partial charge in [-0.1, -0.05) is 11.6 Å². The van der Waals surface area contributed by atoms with Gasteiger partial charge < -0.3 is 5.32 Å². The fourth-order valence-corrected chi connectivity index (χ4v) is 3.30. The molecule has 4 nitrogen and oxygen atoms in total. The van der Waals surface area contributed by atoms with Crippen LogP contribution >= 0.6 is 27.5 Å². The van der Waals surface area contributed by atoms with Crippen LogP contribution in [-0.4, -0.2) is 21.3 Å². The number of anilines is 1. The zero-order valence-corrected chi connectivity index (χ0v) is 14.9. The number of nitrogens with zero attached hydrogens (tertiary/aromatic N) is 3. The number of rotatable bonds is 4. The lowest BCUT2D eigenvalue weighted by Crippen LogP contribution is -2.14. The van der Waals surface area contributed by atoms with Gasteiger partial charge in [0.25, 0.3) is 0 Å². The molecule has 0 bridgehead atoms. The number of aromatic nitrogens is 3. The van der Waals surface area contributed by atoms with E-state index in [0.29, 0.717) is 23.3 Å². The molecule has 24 heavy (non-hydrogen) atoms. The van der Waals surface area contributed by atoms with Gasteiger partial charge in [0.15, 0.2) is 5.69 Å². The highest BCUT2D eigenvalue weighted by molar-refractivity contribution is 9.10. The van der Waals surface area contributed by atoms with E-state index in [1.54, 1.807) is 12.3 Å². The average molecular weight is 424 g/mol. The lowest BCUT2D eigenvalue weighted by Gasteiger charge is -2.13. The molecule has 9 heteroatoms. The van der Waals surface area contributed by atoms with Gasteiger partial charge in [0.1, 0.15) is 5.82 Å². The Balaban J connectivity index is 1.55. The van der Waals surface area contributed by atoms with Crippen LogP contribution < -0.4 is 5.32 Å². The summed E-state index contributed by atoms with van der Waals surface area (Å²) in [5, 5.41) is 7.48.